The second-order valence-corrected chi connectivity index (χ2v) is 5.49. The van der Waals surface area contributed by atoms with Crippen LogP contribution in [0.5, 0.6) is 0 Å². The monoisotopic (exact) mass is 358 g/mol. The molecule has 0 fully saturated rings. The number of hydrogen-bond donors (Lipinski definition) is 6. The third-order valence-corrected chi connectivity index (χ3v) is 1.46. The zero-order chi connectivity index (χ0) is 17.2. The van der Waals surface area contributed by atoms with Gasteiger partial charge in [-0.15, -0.1) is 0 Å². The van der Waals surface area contributed by atoms with E-state index in [1.54, 1.807) is 0 Å². The van der Waals surface area contributed by atoms with Gasteiger partial charge in [0.1, 0.15) is 0 Å². The average molecular weight is 358 g/mol. The van der Waals surface area contributed by atoms with Gasteiger partial charge in [0.05, 0.1) is 0 Å². The van der Waals surface area contributed by atoms with Crippen molar-refractivity contribution in [2.45, 2.75) is 66.2 Å². The van der Waals surface area contributed by atoms with Gasteiger partial charge in [0, 0.05) is 0 Å². The van der Waals surface area contributed by atoms with Gasteiger partial charge in [-0.25, -0.2) is 9.13 Å². The van der Waals surface area contributed by atoms with Crippen molar-refractivity contribution in [3.8, 4) is 0 Å². The Hall–Kier alpha value is 0.180. The summed E-state index contributed by atoms with van der Waals surface area (Å²) in [6, 6.07) is 0. The molecule has 0 atom stereocenters. The topological polar surface area (TPSA) is 187 Å². The molecule has 0 bridgehead atoms. The van der Waals surface area contributed by atoms with Crippen LogP contribution in [-0.2, 0) is 9.13 Å². The van der Waals surface area contributed by atoms with Crippen molar-refractivity contribution in [3.63, 3.8) is 0 Å². The van der Waals surface area contributed by atoms with E-state index in [0.717, 1.165) is 0 Å². The predicted molar refractivity (Wildman–Crippen MR) is 82.5 cm³/mol. The Labute approximate surface area is 126 Å². The van der Waals surface area contributed by atoms with Crippen LogP contribution in [0.2, 0.25) is 0 Å². The minimum atomic E-state index is -4.64. The fourth-order valence-corrected chi connectivity index (χ4v) is 0.854. The van der Waals surface area contributed by atoms with E-state index in [9.17, 15) is 0 Å². The van der Waals surface area contributed by atoms with E-state index in [1.807, 2.05) is 13.8 Å². The molecule has 0 aromatic rings. The van der Waals surface area contributed by atoms with Crippen LogP contribution in [0, 0.1) is 0 Å². The lowest BCUT2D eigenvalue weighted by molar-refractivity contribution is 0.272. The summed E-state index contributed by atoms with van der Waals surface area (Å²) in [5.74, 6) is 0. The molecular formula is C10H32O9P2. The Bertz CT molecular complexity index is 206. The van der Waals surface area contributed by atoms with E-state index in [4.69, 9.17) is 38.5 Å². The molecule has 0 radical (unpaired) electrons. The van der Waals surface area contributed by atoms with Gasteiger partial charge in [-0.05, 0) is 0 Å². The molecule has 0 spiro atoms. The van der Waals surface area contributed by atoms with Crippen LogP contribution in [0.1, 0.15) is 66.2 Å². The molecule has 8 N–H and O–H groups in total. The minimum Gasteiger partial charge on any atom is -0.412 e. The van der Waals surface area contributed by atoms with Gasteiger partial charge in [-0.2, -0.15) is 0 Å². The zero-order valence-corrected chi connectivity index (χ0v) is 14.9. The first-order chi connectivity index (χ1) is 8.91. The summed E-state index contributed by atoms with van der Waals surface area (Å²) in [6.07, 6.45) is 8.49. The summed E-state index contributed by atoms with van der Waals surface area (Å²) in [5, 5.41) is 0. The molecule has 136 valence electrons. The Morgan fingerprint density at radius 3 is 0.857 bits per heavy atom. The third kappa shape index (κ3) is 249. The summed E-state index contributed by atoms with van der Waals surface area (Å²) in [5.41, 5.74) is 0. The molecule has 0 aromatic heterocycles. The fraction of sp³-hybridized carbons (Fsp3) is 1.00. The largest absolute Gasteiger partial charge is 0.466 e. The van der Waals surface area contributed by atoms with Crippen molar-refractivity contribution in [1.82, 2.24) is 0 Å². The molecule has 11 heteroatoms. The predicted octanol–water partition coefficient (Wildman–Crippen LogP) is 1.71. The van der Waals surface area contributed by atoms with Gasteiger partial charge in [-0.1, -0.05) is 66.2 Å². The summed E-state index contributed by atoms with van der Waals surface area (Å²) in [4.78, 5) is 43.1. The smallest absolute Gasteiger partial charge is 0.412 e. The fourth-order valence-electron chi connectivity index (χ4n) is 0.854. The van der Waals surface area contributed by atoms with Gasteiger partial charge >= 0.3 is 15.6 Å². The number of hydrogen-bond acceptors (Lipinski definition) is 2. The van der Waals surface area contributed by atoms with Crippen LogP contribution in [0.4, 0.5) is 0 Å². The van der Waals surface area contributed by atoms with Gasteiger partial charge in [0.25, 0.3) is 0 Å². The molecule has 0 unspecified atom stereocenters. The Morgan fingerprint density at radius 2 is 0.762 bits per heavy atom. The van der Waals surface area contributed by atoms with Crippen molar-refractivity contribution in [3.05, 3.63) is 0 Å². The maximum atomic E-state index is 8.88. The first-order valence-corrected chi connectivity index (χ1v) is 9.61. The Morgan fingerprint density at radius 1 is 0.619 bits per heavy atom. The lowest BCUT2D eigenvalue weighted by atomic mass is 10.1. The molecule has 0 amide bonds. The molecule has 0 aliphatic rings. The van der Waals surface area contributed by atoms with Gasteiger partial charge in [-0.3, -0.25) is 0 Å². The number of unbranched alkanes of at least 4 members (excludes halogenated alkanes) is 5. The second-order valence-electron chi connectivity index (χ2n) is 3.44. The molecule has 0 saturated carbocycles. The SMILES string of the molecule is CC.CCCCCCCC.O.O=P(O)(O)O.O=P(O)(O)O. The molecule has 9 nitrogen and oxygen atoms in total. The first kappa shape index (κ1) is 32.9. The first-order valence-electron chi connectivity index (χ1n) is 6.48. The van der Waals surface area contributed by atoms with Crippen LogP contribution in [0.3, 0.4) is 0 Å². The standard InChI is InChI=1S/C8H18.C2H6.2H3O4P.H2O/c1-3-5-7-8-6-4-2;1-2;2*1-5(2,3)4;/h3-8H2,1-2H3;1-2H3;2*(H3,1,2,3,4);1H2. The number of rotatable bonds is 5. The highest BCUT2D eigenvalue weighted by molar-refractivity contribution is 7.45. The highest BCUT2D eigenvalue weighted by Crippen LogP contribution is 2.26. The van der Waals surface area contributed by atoms with Crippen LogP contribution < -0.4 is 0 Å². The van der Waals surface area contributed by atoms with Gasteiger partial charge < -0.3 is 34.8 Å². The van der Waals surface area contributed by atoms with E-state index in [1.165, 1.54) is 38.5 Å². The maximum absolute atomic E-state index is 8.88. The van der Waals surface area contributed by atoms with Crippen molar-refractivity contribution in [2.75, 3.05) is 0 Å². The quantitative estimate of drug-likeness (QED) is 0.316. The molecular weight excluding hydrogens is 326 g/mol. The lowest BCUT2D eigenvalue weighted by Gasteiger charge is -1.93. The third-order valence-electron chi connectivity index (χ3n) is 1.46. The highest BCUT2D eigenvalue weighted by atomic mass is 31.2. The molecule has 0 saturated heterocycles. The van der Waals surface area contributed by atoms with Crippen molar-refractivity contribution < 1.29 is 44.0 Å². The normalized spacial score (nSPS) is 9.62. The lowest BCUT2D eigenvalue weighted by Crippen LogP contribution is -1.73. The van der Waals surface area contributed by atoms with Crippen LogP contribution in [0.15, 0.2) is 0 Å². The van der Waals surface area contributed by atoms with Crippen LogP contribution >= 0.6 is 15.6 Å². The van der Waals surface area contributed by atoms with E-state index >= 15 is 0 Å². The Kier molecular flexibility index (Phi) is 35.2. The molecule has 0 aliphatic carbocycles. The molecule has 0 aromatic carbocycles. The van der Waals surface area contributed by atoms with Crippen LogP contribution in [-0.4, -0.2) is 34.8 Å². The van der Waals surface area contributed by atoms with Gasteiger partial charge in [0.15, 0.2) is 0 Å². The van der Waals surface area contributed by atoms with E-state index in [2.05, 4.69) is 13.8 Å². The molecule has 21 heavy (non-hydrogen) atoms. The van der Waals surface area contributed by atoms with E-state index in [-0.39, 0.29) is 5.48 Å². The van der Waals surface area contributed by atoms with Gasteiger partial charge in [0.2, 0.25) is 0 Å². The zero-order valence-electron chi connectivity index (χ0n) is 13.1. The summed E-state index contributed by atoms with van der Waals surface area (Å²) in [7, 11) is -9.28. The maximum Gasteiger partial charge on any atom is 0.466 e. The van der Waals surface area contributed by atoms with Crippen molar-refractivity contribution in [1.29, 1.82) is 0 Å². The van der Waals surface area contributed by atoms with E-state index in [0.29, 0.717) is 0 Å². The summed E-state index contributed by atoms with van der Waals surface area (Å²) < 4.78 is 17.8. The van der Waals surface area contributed by atoms with Crippen molar-refractivity contribution in [2.24, 2.45) is 0 Å². The summed E-state index contributed by atoms with van der Waals surface area (Å²) in [6.45, 7) is 8.51. The molecule has 0 heterocycles. The van der Waals surface area contributed by atoms with Crippen LogP contribution in [0.25, 0.3) is 0 Å². The van der Waals surface area contributed by atoms with Crippen molar-refractivity contribution >= 4 is 15.6 Å². The van der Waals surface area contributed by atoms with E-state index < -0.39 is 15.6 Å². The molecule has 0 aliphatic heterocycles. The summed E-state index contributed by atoms with van der Waals surface area (Å²) >= 11 is 0. The minimum absolute atomic E-state index is 0. The second kappa shape index (κ2) is 22.5. The highest BCUT2D eigenvalue weighted by Gasteiger charge is 2.00. The molecule has 0 rings (SSSR count). The average Bonchev–Trinajstić information content (AvgIpc) is 2.23. The Balaban J connectivity index is -0.0000000582. The number of phosphoric acid groups is 2.